The molecule has 0 aliphatic heterocycles. The Balaban J connectivity index is 1.59. The van der Waals surface area contributed by atoms with E-state index in [0.29, 0.717) is 97.2 Å². The number of carboxylic acid groups (broad SMARTS) is 1. The summed E-state index contributed by atoms with van der Waals surface area (Å²) in [5.41, 5.74) is 0.394. The minimum Gasteiger partial charge on any atom is -0.481 e. The molecule has 22 heteroatoms. The van der Waals surface area contributed by atoms with Gasteiger partial charge in [0.25, 0.3) is 0 Å². The zero-order valence-electron chi connectivity index (χ0n) is 34.9. The smallest absolute Gasteiger partial charge is 0.314 e. The standard InChI is InChI=1S/C40H61Cl2IN8O11/c41-31-25-30(26-32(42)27-31)33(28-37(53)54)51-38(55)34(50-36(52)8-2-4-11-45-35-7-1-3-10-44-35)29-62-24-23-61-22-21-60-20-19-59-18-15-49-40(57)47-13-6-5-12-46-39(56)48-14-17-58-16-9-43/h1,3,7,10,25-27,33-34H,2,4-6,8-9,11-24,28-29H2,(H,44,45)(H,50,52)(H,51,55)(H,53,54)(H2,46,48,56)(H2,47,49,57). The number of ether oxygens (including phenoxy) is 5. The number of unbranched alkanes of at least 4 members (excludes halogenated alkanes) is 2. The van der Waals surface area contributed by atoms with Crippen LogP contribution in [-0.2, 0) is 38.1 Å². The van der Waals surface area contributed by atoms with E-state index < -0.39 is 30.4 Å². The van der Waals surface area contributed by atoms with Gasteiger partial charge in [-0.1, -0.05) is 51.9 Å². The van der Waals surface area contributed by atoms with Crippen molar-refractivity contribution in [2.45, 2.75) is 50.6 Å². The first-order valence-electron chi connectivity index (χ1n) is 20.5. The molecule has 0 spiro atoms. The Morgan fingerprint density at radius 2 is 1.21 bits per heavy atom. The van der Waals surface area contributed by atoms with Crippen LogP contribution in [0.4, 0.5) is 15.4 Å². The van der Waals surface area contributed by atoms with Gasteiger partial charge in [0.05, 0.1) is 78.5 Å². The van der Waals surface area contributed by atoms with Crippen LogP contribution < -0.4 is 37.2 Å². The van der Waals surface area contributed by atoms with E-state index in [1.807, 2.05) is 18.2 Å². The van der Waals surface area contributed by atoms with E-state index in [9.17, 15) is 29.1 Å². The van der Waals surface area contributed by atoms with Gasteiger partial charge in [-0.05, 0) is 61.6 Å². The van der Waals surface area contributed by atoms with Gasteiger partial charge < -0.3 is 66.0 Å². The monoisotopic (exact) mass is 1030 g/mol. The van der Waals surface area contributed by atoms with Gasteiger partial charge >= 0.3 is 18.0 Å². The average Bonchev–Trinajstić information content (AvgIpc) is 3.24. The summed E-state index contributed by atoms with van der Waals surface area (Å²) >= 11 is 14.5. The number of carbonyl (C=O) groups is 5. The average molecular weight is 1030 g/mol. The highest BCUT2D eigenvalue weighted by Crippen LogP contribution is 2.25. The number of aromatic nitrogens is 1. The van der Waals surface area contributed by atoms with Crippen molar-refractivity contribution < 1.29 is 52.8 Å². The molecule has 0 aliphatic rings. The van der Waals surface area contributed by atoms with Crippen molar-refractivity contribution in [3.8, 4) is 0 Å². The van der Waals surface area contributed by atoms with Crippen molar-refractivity contribution in [2.24, 2.45) is 0 Å². The van der Waals surface area contributed by atoms with Gasteiger partial charge in [0.1, 0.15) is 11.9 Å². The molecule has 2 rings (SSSR count). The third-order valence-corrected chi connectivity index (χ3v) is 9.17. The van der Waals surface area contributed by atoms with E-state index in [1.54, 1.807) is 6.20 Å². The maximum absolute atomic E-state index is 13.5. The molecule has 8 N–H and O–H groups in total. The van der Waals surface area contributed by atoms with Gasteiger partial charge in [-0.2, -0.15) is 0 Å². The summed E-state index contributed by atoms with van der Waals surface area (Å²) in [6.45, 7) is 5.14. The highest BCUT2D eigenvalue weighted by Gasteiger charge is 2.26. The van der Waals surface area contributed by atoms with Crippen LogP contribution in [0.5, 0.6) is 0 Å². The highest BCUT2D eigenvalue weighted by atomic mass is 127. The number of rotatable bonds is 36. The van der Waals surface area contributed by atoms with Crippen LogP contribution in [0.15, 0.2) is 42.6 Å². The van der Waals surface area contributed by atoms with Crippen molar-refractivity contribution in [3.63, 3.8) is 0 Å². The minimum atomic E-state index is -1.16. The van der Waals surface area contributed by atoms with Crippen LogP contribution in [0.3, 0.4) is 0 Å². The molecule has 0 saturated carbocycles. The molecule has 348 valence electrons. The normalized spacial score (nSPS) is 11.9. The number of carboxylic acids is 1. The molecule has 62 heavy (non-hydrogen) atoms. The van der Waals surface area contributed by atoms with E-state index in [2.05, 4.69) is 64.8 Å². The topological polar surface area (TPSA) is 249 Å². The quantitative estimate of drug-likeness (QED) is 0.0276. The highest BCUT2D eigenvalue weighted by molar-refractivity contribution is 14.1. The molecule has 1 aromatic carbocycles. The molecule has 0 saturated heterocycles. The summed E-state index contributed by atoms with van der Waals surface area (Å²) < 4.78 is 28.4. The summed E-state index contributed by atoms with van der Waals surface area (Å²) in [5, 5.41) is 29.6. The zero-order chi connectivity index (χ0) is 45.0. The molecular formula is C40H61Cl2IN8O11. The first kappa shape index (κ1) is 54.4. The maximum Gasteiger partial charge on any atom is 0.314 e. The maximum atomic E-state index is 13.5. The second-order valence-corrected chi connectivity index (χ2v) is 15.3. The van der Waals surface area contributed by atoms with Crippen molar-refractivity contribution in [3.05, 3.63) is 58.2 Å². The summed E-state index contributed by atoms with van der Waals surface area (Å²) in [7, 11) is 0. The van der Waals surface area contributed by atoms with Gasteiger partial charge in [-0.3, -0.25) is 14.4 Å². The van der Waals surface area contributed by atoms with Crippen LogP contribution in [-0.4, -0.2) is 149 Å². The number of hydrogen-bond acceptors (Lipinski definition) is 12. The molecule has 6 amide bonds. The number of benzene rings is 1. The second-order valence-electron chi connectivity index (χ2n) is 13.4. The number of alkyl halides is 1. The van der Waals surface area contributed by atoms with Gasteiger partial charge in [0, 0.05) is 59.8 Å². The van der Waals surface area contributed by atoms with Crippen molar-refractivity contribution >= 4 is 81.5 Å². The van der Waals surface area contributed by atoms with E-state index in [4.69, 9.17) is 46.9 Å². The molecule has 0 bridgehead atoms. The third kappa shape index (κ3) is 28.8. The van der Waals surface area contributed by atoms with E-state index in [0.717, 1.165) is 16.7 Å². The van der Waals surface area contributed by atoms with Crippen LogP contribution in [0, 0.1) is 0 Å². The molecule has 2 aromatic rings. The first-order chi connectivity index (χ1) is 30.1. The number of nitrogens with one attached hydrogen (secondary N) is 7. The summed E-state index contributed by atoms with van der Waals surface area (Å²) in [6.07, 6.45) is 4.04. The lowest BCUT2D eigenvalue weighted by molar-refractivity contribution is -0.138. The lowest BCUT2D eigenvalue weighted by Gasteiger charge is -2.23. The van der Waals surface area contributed by atoms with Crippen LogP contribution in [0.25, 0.3) is 0 Å². The number of carbonyl (C=O) groups excluding carboxylic acids is 4. The molecule has 2 unspecified atom stereocenters. The first-order valence-corrected chi connectivity index (χ1v) is 22.8. The number of nitrogens with zero attached hydrogens (tertiary/aromatic N) is 1. The van der Waals surface area contributed by atoms with Crippen LogP contribution in [0.1, 0.15) is 50.1 Å². The predicted molar refractivity (Wildman–Crippen MR) is 243 cm³/mol. The molecule has 19 nitrogen and oxygen atoms in total. The number of halogens is 3. The molecule has 0 fully saturated rings. The Labute approximate surface area is 386 Å². The molecule has 0 aliphatic carbocycles. The molecule has 1 aromatic heterocycles. The number of pyridine rings is 1. The lowest BCUT2D eigenvalue weighted by atomic mass is 10.0. The Bertz CT molecular complexity index is 1560. The molecular weight excluding hydrogens is 966 g/mol. The molecule has 2 atom stereocenters. The lowest BCUT2D eigenvalue weighted by Crippen LogP contribution is -2.50. The van der Waals surface area contributed by atoms with Crippen LogP contribution >= 0.6 is 45.8 Å². The SMILES string of the molecule is O=C(O)CC(NC(=O)C(COCCOCCOCCOCCNC(=O)NCCCCNC(=O)NCCOCCI)NC(=O)CCCCNc1ccccn1)c1cc(Cl)cc(Cl)c1. The number of aliphatic carboxylic acids is 1. The Kier molecular flexibility index (Phi) is 31.3. The van der Waals surface area contributed by atoms with Gasteiger partial charge in [0.15, 0.2) is 0 Å². The molecule has 0 radical (unpaired) electrons. The van der Waals surface area contributed by atoms with E-state index in [-0.39, 0.29) is 60.9 Å². The fourth-order valence-corrected chi connectivity index (χ4v) is 6.14. The summed E-state index contributed by atoms with van der Waals surface area (Å²) in [5.74, 6) is -1.44. The van der Waals surface area contributed by atoms with Crippen molar-refractivity contribution in [1.29, 1.82) is 0 Å². The number of urea groups is 2. The van der Waals surface area contributed by atoms with Gasteiger partial charge in [-0.25, -0.2) is 14.6 Å². The van der Waals surface area contributed by atoms with Crippen molar-refractivity contribution in [1.82, 2.24) is 36.9 Å². The van der Waals surface area contributed by atoms with Crippen LogP contribution in [0.2, 0.25) is 10.0 Å². The largest absolute Gasteiger partial charge is 0.481 e. The fraction of sp³-hybridized carbons (Fsp3) is 0.600. The predicted octanol–water partition coefficient (Wildman–Crippen LogP) is 3.68. The number of amides is 6. The Hall–Kier alpha value is -3.77. The molecule has 1 heterocycles. The second kappa shape index (κ2) is 35.7. The van der Waals surface area contributed by atoms with Gasteiger partial charge in [-0.15, -0.1) is 0 Å². The van der Waals surface area contributed by atoms with Gasteiger partial charge in [0.2, 0.25) is 11.8 Å². The number of hydrogen-bond donors (Lipinski definition) is 8. The Morgan fingerprint density at radius 1 is 0.661 bits per heavy atom. The fourth-order valence-electron chi connectivity index (χ4n) is 5.29. The van der Waals surface area contributed by atoms with E-state index >= 15 is 0 Å². The minimum absolute atomic E-state index is 0.108. The van der Waals surface area contributed by atoms with Crippen molar-refractivity contribution in [2.75, 3.05) is 109 Å². The summed E-state index contributed by atoms with van der Waals surface area (Å²) in [6, 6.07) is 7.41. The Morgan fingerprint density at radius 3 is 1.77 bits per heavy atom. The van der Waals surface area contributed by atoms with E-state index in [1.165, 1.54) is 18.2 Å². The third-order valence-electron chi connectivity index (χ3n) is 8.30. The number of anilines is 1. The summed E-state index contributed by atoms with van der Waals surface area (Å²) in [4.78, 5) is 65.9. The zero-order valence-corrected chi connectivity index (χ0v) is 38.5.